The molecule has 0 radical (unpaired) electrons. The first-order chi connectivity index (χ1) is 7.24. The lowest BCUT2D eigenvalue weighted by atomic mass is 10.3. The minimum Gasteiger partial charge on any atom is -0.486 e. The molecule has 78 valence electrons. The summed E-state index contributed by atoms with van der Waals surface area (Å²) < 4.78 is 5.46. The van der Waals surface area contributed by atoms with E-state index in [1.54, 1.807) is 24.3 Å². The van der Waals surface area contributed by atoms with Crippen LogP contribution >= 0.6 is 11.3 Å². The molecule has 0 saturated heterocycles. The van der Waals surface area contributed by atoms with Crippen molar-refractivity contribution in [1.82, 2.24) is 10.2 Å². The Kier molecular flexibility index (Phi) is 2.68. The first kappa shape index (κ1) is 9.72. The summed E-state index contributed by atoms with van der Waals surface area (Å²) >= 11 is 1.32. The van der Waals surface area contributed by atoms with E-state index in [2.05, 4.69) is 10.2 Å². The summed E-state index contributed by atoms with van der Waals surface area (Å²) in [6.45, 7) is 0.374. The summed E-state index contributed by atoms with van der Waals surface area (Å²) in [7, 11) is 0. The van der Waals surface area contributed by atoms with Gasteiger partial charge in [0.25, 0.3) is 0 Å². The molecule has 15 heavy (non-hydrogen) atoms. The van der Waals surface area contributed by atoms with Crippen molar-refractivity contribution in [2.75, 3.05) is 11.5 Å². The lowest BCUT2D eigenvalue weighted by Gasteiger charge is -2.02. The molecule has 0 aliphatic carbocycles. The molecule has 1 aromatic carbocycles. The standard InChI is InChI=1S/C9H10N4OS/c10-6-1-3-7(4-2-6)14-5-8-12-13-9(11)15-8/h1-4H,5,10H2,(H2,11,13). The van der Waals surface area contributed by atoms with Gasteiger partial charge in [0.1, 0.15) is 12.4 Å². The Bertz CT molecular complexity index is 440. The van der Waals surface area contributed by atoms with Gasteiger partial charge in [-0.3, -0.25) is 0 Å². The summed E-state index contributed by atoms with van der Waals surface area (Å²) in [6, 6.07) is 7.17. The topological polar surface area (TPSA) is 87.0 Å². The number of nitrogens with zero attached hydrogens (tertiary/aromatic N) is 2. The second-order valence-corrected chi connectivity index (χ2v) is 3.99. The summed E-state index contributed by atoms with van der Waals surface area (Å²) in [4.78, 5) is 0. The van der Waals surface area contributed by atoms with E-state index in [-0.39, 0.29) is 0 Å². The molecule has 0 bridgehead atoms. The highest BCUT2D eigenvalue weighted by atomic mass is 32.1. The van der Waals surface area contributed by atoms with Crippen LogP contribution in [0, 0.1) is 0 Å². The van der Waals surface area contributed by atoms with Gasteiger partial charge in [-0.05, 0) is 24.3 Å². The fraction of sp³-hybridized carbons (Fsp3) is 0.111. The maximum atomic E-state index is 5.54. The van der Waals surface area contributed by atoms with Crippen LogP contribution in [0.2, 0.25) is 0 Å². The maximum Gasteiger partial charge on any atom is 0.203 e. The van der Waals surface area contributed by atoms with Crippen LogP contribution in [0.15, 0.2) is 24.3 Å². The van der Waals surface area contributed by atoms with Gasteiger partial charge < -0.3 is 16.2 Å². The average molecular weight is 222 g/mol. The van der Waals surface area contributed by atoms with E-state index in [0.717, 1.165) is 10.8 Å². The van der Waals surface area contributed by atoms with Gasteiger partial charge in [-0.2, -0.15) is 0 Å². The Morgan fingerprint density at radius 3 is 2.47 bits per heavy atom. The Labute approximate surface area is 90.7 Å². The lowest BCUT2D eigenvalue weighted by Crippen LogP contribution is -1.95. The number of nitrogen functional groups attached to an aromatic ring is 2. The number of ether oxygens (including phenoxy) is 1. The number of hydrogen-bond acceptors (Lipinski definition) is 6. The Balaban J connectivity index is 1.96. The zero-order valence-electron chi connectivity index (χ0n) is 7.88. The van der Waals surface area contributed by atoms with Gasteiger partial charge in [-0.25, -0.2) is 0 Å². The third-order valence-corrected chi connectivity index (χ3v) is 2.45. The molecular formula is C9H10N4OS. The predicted molar refractivity (Wildman–Crippen MR) is 59.5 cm³/mol. The molecule has 0 fully saturated rings. The van der Waals surface area contributed by atoms with Crippen molar-refractivity contribution in [3.8, 4) is 5.75 Å². The minimum atomic E-state index is 0.374. The molecular weight excluding hydrogens is 212 g/mol. The van der Waals surface area contributed by atoms with E-state index in [4.69, 9.17) is 16.2 Å². The van der Waals surface area contributed by atoms with Gasteiger partial charge in [0.05, 0.1) is 0 Å². The third kappa shape index (κ3) is 2.57. The fourth-order valence-corrected chi connectivity index (χ4v) is 1.56. The molecule has 0 aliphatic rings. The Morgan fingerprint density at radius 2 is 1.87 bits per heavy atom. The van der Waals surface area contributed by atoms with Crippen molar-refractivity contribution < 1.29 is 4.74 Å². The number of nitrogens with two attached hydrogens (primary N) is 2. The molecule has 4 N–H and O–H groups in total. The molecule has 0 amide bonds. The molecule has 6 heteroatoms. The van der Waals surface area contributed by atoms with Crippen LogP contribution < -0.4 is 16.2 Å². The van der Waals surface area contributed by atoms with Gasteiger partial charge in [-0.15, -0.1) is 10.2 Å². The molecule has 0 saturated carbocycles. The first-order valence-corrected chi connectivity index (χ1v) is 5.12. The van der Waals surface area contributed by atoms with Crippen molar-refractivity contribution in [1.29, 1.82) is 0 Å². The van der Waals surface area contributed by atoms with E-state index in [1.165, 1.54) is 11.3 Å². The molecule has 2 aromatic rings. The highest BCUT2D eigenvalue weighted by molar-refractivity contribution is 7.15. The van der Waals surface area contributed by atoms with Gasteiger partial charge in [0.15, 0.2) is 5.01 Å². The van der Waals surface area contributed by atoms with Crippen molar-refractivity contribution >= 4 is 22.2 Å². The molecule has 0 spiro atoms. The Morgan fingerprint density at radius 1 is 1.13 bits per heavy atom. The molecule has 1 heterocycles. The normalized spacial score (nSPS) is 10.1. The van der Waals surface area contributed by atoms with Crippen molar-refractivity contribution in [3.63, 3.8) is 0 Å². The SMILES string of the molecule is Nc1ccc(OCc2nnc(N)s2)cc1. The number of hydrogen-bond donors (Lipinski definition) is 2. The Hall–Kier alpha value is -1.82. The smallest absolute Gasteiger partial charge is 0.203 e. The largest absolute Gasteiger partial charge is 0.486 e. The fourth-order valence-electron chi connectivity index (χ4n) is 1.03. The van der Waals surface area contributed by atoms with Gasteiger partial charge in [0, 0.05) is 5.69 Å². The minimum absolute atomic E-state index is 0.374. The van der Waals surface area contributed by atoms with Crippen LogP contribution in [0.5, 0.6) is 5.75 Å². The molecule has 0 unspecified atom stereocenters. The number of aromatic nitrogens is 2. The van der Waals surface area contributed by atoms with Crippen LogP contribution in [0.3, 0.4) is 0 Å². The monoisotopic (exact) mass is 222 g/mol. The van der Waals surface area contributed by atoms with E-state index in [0.29, 0.717) is 17.4 Å². The first-order valence-electron chi connectivity index (χ1n) is 4.30. The van der Waals surface area contributed by atoms with Crippen LogP contribution in [0.1, 0.15) is 5.01 Å². The van der Waals surface area contributed by atoms with Crippen LogP contribution in [-0.2, 0) is 6.61 Å². The summed E-state index contributed by atoms with van der Waals surface area (Å²) in [5.74, 6) is 0.748. The highest BCUT2D eigenvalue weighted by Crippen LogP contribution is 2.17. The zero-order valence-corrected chi connectivity index (χ0v) is 8.70. The van der Waals surface area contributed by atoms with Crippen molar-refractivity contribution in [2.24, 2.45) is 0 Å². The number of benzene rings is 1. The molecule has 2 rings (SSSR count). The van der Waals surface area contributed by atoms with Crippen LogP contribution in [-0.4, -0.2) is 10.2 Å². The molecule has 0 aliphatic heterocycles. The van der Waals surface area contributed by atoms with Gasteiger partial charge >= 0.3 is 0 Å². The van der Waals surface area contributed by atoms with Crippen molar-refractivity contribution in [3.05, 3.63) is 29.3 Å². The second-order valence-electron chi connectivity index (χ2n) is 2.89. The highest BCUT2D eigenvalue weighted by Gasteiger charge is 2.01. The quantitative estimate of drug-likeness (QED) is 0.764. The second kappa shape index (κ2) is 4.14. The van der Waals surface area contributed by atoms with Gasteiger partial charge in [-0.1, -0.05) is 11.3 Å². The van der Waals surface area contributed by atoms with E-state index >= 15 is 0 Å². The zero-order chi connectivity index (χ0) is 10.7. The maximum absolute atomic E-state index is 5.54. The van der Waals surface area contributed by atoms with Crippen LogP contribution in [0.25, 0.3) is 0 Å². The van der Waals surface area contributed by atoms with E-state index in [1.807, 2.05) is 0 Å². The molecule has 1 aromatic heterocycles. The average Bonchev–Trinajstić information content (AvgIpc) is 2.64. The van der Waals surface area contributed by atoms with Gasteiger partial charge in [0.2, 0.25) is 5.13 Å². The number of anilines is 2. The third-order valence-electron chi connectivity index (χ3n) is 1.72. The van der Waals surface area contributed by atoms with Crippen molar-refractivity contribution in [2.45, 2.75) is 6.61 Å². The lowest BCUT2D eigenvalue weighted by molar-refractivity contribution is 0.304. The summed E-state index contributed by atoms with van der Waals surface area (Å²) in [6.07, 6.45) is 0. The predicted octanol–water partition coefficient (Wildman–Crippen LogP) is 1.28. The summed E-state index contributed by atoms with van der Waals surface area (Å²) in [5, 5.41) is 8.74. The summed E-state index contributed by atoms with van der Waals surface area (Å²) in [5.41, 5.74) is 11.7. The van der Waals surface area contributed by atoms with Crippen LogP contribution in [0.4, 0.5) is 10.8 Å². The molecule has 0 atom stereocenters. The number of rotatable bonds is 3. The van der Waals surface area contributed by atoms with E-state index < -0.39 is 0 Å². The van der Waals surface area contributed by atoms with E-state index in [9.17, 15) is 0 Å². The molecule has 5 nitrogen and oxygen atoms in total.